The first-order valence-corrected chi connectivity index (χ1v) is 15.7. The molecule has 0 unspecified atom stereocenters. The van der Waals surface area contributed by atoms with Gasteiger partial charge in [-0.3, -0.25) is 4.98 Å². The van der Waals surface area contributed by atoms with Crippen molar-refractivity contribution in [2.45, 2.75) is 0 Å². The summed E-state index contributed by atoms with van der Waals surface area (Å²) in [5.41, 5.74) is 5.30. The van der Waals surface area contributed by atoms with Gasteiger partial charge in [-0.15, -0.1) is 11.3 Å². The molecule has 45 heavy (non-hydrogen) atoms. The van der Waals surface area contributed by atoms with Crippen LogP contribution in [0.2, 0.25) is 0 Å². The van der Waals surface area contributed by atoms with Gasteiger partial charge < -0.3 is 0 Å². The summed E-state index contributed by atoms with van der Waals surface area (Å²) < 4.78 is 2.47. The van der Waals surface area contributed by atoms with Gasteiger partial charge in [0.05, 0.1) is 0 Å². The Balaban J connectivity index is 1.25. The van der Waals surface area contributed by atoms with Gasteiger partial charge in [0.1, 0.15) is 0 Å². The highest BCUT2D eigenvalue weighted by Crippen LogP contribution is 2.40. The number of fused-ring (bicyclic) bond motifs is 5. The molecule has 0 amide bonds. The van der Waals surface area contributed by atoms with Gasteiger partial charge in [-0.1, -0.05) is 97.1 Å². The fourth-order valence-corrected chi connectivity index (χ4v) is 7.27. The Bertz CT molecular complexity index is 2550. The van der Waals surface area contributed by atoms with Gasteiger partial charge in [0.25, 0.3) is 0 Å². The van der Waals surface area contributed by atoms with Crippen LogP contribution in [0.5, 0.6) is 0 Å². The molecule has 0 saturated heterocycles. The molecule has 6 aromatic carbocycles. The second-order valence-corrected chi connectivity index (χ2v) is 12.2. The lowest BCUT2D eigenvalue weighted by Gasteiger charge is -2.11. The van der Waals surface area contributed by atoms with Crippen LogP contribution in [0.25, 0.3) is 87.0 Å². The van der Waals surface area contributed by atoms with E-state index in [2.05, 4.69) is 126 Å². The van der Waals surface area contributed by atoms with Crippen molar-refractivity contribution in [2.24, 2.45) is 0 Å². The molecule has 0 aliphatic carbocycles. The van der Waals surface area contributed by atoms with Crippen molar-refractivity contribution in [1.29, 1.82) is 0 Å². The molecular formula is C40H24N4S. The number of nitrogens with zero attached hydrogens (tertiary/aromatic N) is 4. The maximum Gasteiger partial charge on any atom is 0.164 e. The van der Waals surface area contributed by atoms with Gasteiger partial charge in [-0.25, -0.2) is 15.0 Å². The Labute approximate surface area is 263 Å². The number of hydrogen-bond donors (Lipinski definition) is 0. The fraction of sp³-hybridized carbons (Fsp3) is 0. The zero-order valence-electron chi connectivity index (χ0n) is 24.1. The lowest BCUT2D eigenvalue weighted by atomic mass is 10.00. The third-order valence-corrected chi connectivity index (χ3v) is 9.52. The van der Waals surface area contributed by atoms with Crippen LogP contribution in [0.4, 0.5) is 0 Å². The Morgan fingerprint density at radius 3 is 1.84 bits per heavy atom. The molecule has 4 nitrogen and oxygen atoms in total. The van der Waals surface area contributed by atoms with Gasteiger partial charge in [-0.2, -0.15) is 0 Å². The zero-order chi connectivity index (χ0) is 29.7. The van der Waals surface area contributed by atoms with Crippen LogP contribution in [-0.4, -0.2) is 19.9 Å². The van der Waals surface area contributed by atoms with Gasteiger partial charge in [0, 0.05) is 54.6 Å². The second-order valence-electron chi connectivity index (χ2n) is 11.2. The van der Waals surface area contributed by atoms with E-state index in [4.69, 9.17) is 15.0 Å². The van der Waals surface area contributed by atoms with Crippen molar-refractivity contribution >= 4 is 53.1 Å². The summed E-state index contributed by atoms with van der Waals surface area (Å²) in [4.78, 5) is 19.6. The molecule has 210 valence electrons. The summed E-state index contributed by atoms with van der Waals surface area (Å²) in [6, 6.07) is 46.8. The van der Waals surface area contributed by atoms with Gasteiger partial charge >= 0.3 is 0 Å². The van der Waals surface area contributed by atoms with Gasteiger partial charge in [0.15, 0.2) is 17.5 Å². The molecule has 9 aromatic rings. The molecule has 0 aliphatic rings. The minimum atomic E-state index is 0.643. The highest BCUT2D eigenvalue weighted by atomic mass is 32.1. The molecular weight excluding hydrogens is 569 g/mol. The quantitative estimate of drug-likeness (QED) is 0.204. The van der Waals surface area contributed by atoms with Crippen LogP contribution in [0.1, 0.15) is 0 Å². The minimum Gasteiger partial charge on any atom is -0.264 e. The molecule has 0 spiro atoms. The largest absolute Gasteiger partial charge is 0.264 e. The molecule has 3 aromatic heterocycles. The Morgan fingerprint density at radius 1 is 0.422 bits per heavy atom. The summed E-state index contributed by atoms with van der Waals surface area (Å²) in [6.45, 7) is 0. The van der Waals surface area contributed by atoms with E-state index in [1.54, 1.807) is 11.3 Å². The summed E-state index contributed by atoms with van der Waals surface area (Å²) in [5.74, 6) is 1.96. The molecule has 0 saturated carbocycles. The first-order chi connectivity index (χ1) is 22.3. The van der Waals surface area contributed by atoms with E-state index < -0.39 is 0 Å². The summed E-state index contributed by atoms with van der Waals surface area (Å²) in [5, 5.41) is 6.88. The van der Waals surface area contributed by atoms with Crippen LogP contribution in [0, 0.1) is 0 Å². The first-order valence-electron chi connectivity index (χ1n) is 14.9. The van der Waals surface area contributed by atoms with Crippen molar-refractivity contribution < 1.29 is 0 Å². The minimum absolute atomic E-state index is 0.643. The average Bonchev–Trinajstić information content (AvgIpc) is 3.50. The highest BCUT2D eigenvalue weighted by Gasteiger charge is 2.17. The maximum absolute atomic E-state index is 5.14. The van der Waals surface area contributed by atoms with Crippen molar-refractivity contribution in [3.05, 3.63) is 146 Å². The van der Waals surface area contributed by atoms with E-state index >= 15 is 0 Å². The van der Waals surface area contributed by atoms with Crippen LogP contribution < -0.4 is 0 Å². The number of aromatic nitrogens is 4. The highest BCUT2D eigenvalue weighted by molar-refractivity contribution is 7.25. The molecule has 0 atom stereocenters. The summed E-state index contributed by atoms with van der Waals surface area (Å²) >= 11 is 1.80. The number of rotatable bonds is 4. The Hall–Kier alpha value is -5.78. The molecule has 0 N–H and O–H groups in total. The Kier molecular flexibility index (Phi) is 5.96. The van der Waals surface area contributed by atoms with Crippen molar-refractivity contribution in [3.63, 3.8) is 0 Å². The lowest BCUT2D eigenvalue weighted by Crippen LogP contribution is -2.00. The molecule has 0 aliphatic heterocycles. The number of benzene rings is 6. The smallest absolute Gasteiger partial charge is 0.164 e. The predicted octanol–water partition coefficient (Wildman–Crippen LogP) is 10.6. The molecule has 0 radical (unpaired) electrons. The molecule has 9 rings (SSSR count). The van der Waals surface area contributed by atoms with Crippen molar-refractivity contribution in [3.8, 4) is 45.3 Å². The fourth-order valence-electron chi connectivity index (χ4n) is 6.13. The third kappa shape index (κ3) is 4.53. The monoisotopic (exact) mass is 592 g/mol. The van der Waals surface area contributed by atoms with E-state index in [0.717, 1.165) is 32.8 Å². The van der Waals surface area contributed by atoms with Crippen LogP contribution in [-0.2, 0) is 0 Å². The molecule has 0 fully saturated rings. The van der Waals surface area contributed by atoms with Crippen LogP contribution in [0.15, 0.2) is 146 Å². The lowest BCUT2D eigenvalue weighted by molar-refractivity contribution is 1.08. The molecule has 5 heteroatoms. The normalized spacial score (nSPS) is 11.6. The van der Waals surface area contributed by atoms with E-state index in [0.29, 0.717) is 17.5 Å². The topological polar surface area (TPSA) is 51.6 Å². The van der Waals surface area contributed by atoms with E-state index in [9.17, 15) is 0 Å². The van der Waals surface area contributed by atoms with Crippen molar-refractivity contribution in [2.75, 3.05) is 0 Å². The maximum atomic E-state index is 5.14. The van der Waals surface area contributed by atoms with E-state index in [1.165, 1.54) is 36.7 Å². The first kappa shape index (κ1) is 25.7. The van der Waals surface area contributed by atoms with Crippen LogP contribution in [0.3, 0.4) is 0 Å². The third-order valence-electron chi connectivity index (χ3n) is 8.38. The van der Waals surface area contributed by atoms with Crippen molar-refractivity contribution in [1.82, 2.24) is 19.9 Å². The van der Waals surface area contributed by atoms with Gasteiger partial charge in [0.2, 0.25) is 0 Å². The molecule has 0 bridgehead atoms. The summed E-state index contributed by atoms with van der Waals surface area (Å²) in [6.07, 6.45) is 3.70. The van der Waals surface area contributed by atoms with Crippen LogP contribution >= 0.6 is 11.3 Å². The predicted molar refractivity (Wildman–Crippen MR) is 187 cm³/mol. The van der Waals surface area contributed by atoms with E-state index in [1.807, 2.05) is 24.5 Å². The average molecular weight is 593 g/mol. The second kappa shape index (κ2) is 10.4. The molecule has 3 heterocycles. The number of hydrogen-bond acceptors (Lipinski definition) is 5. The number of pyridine rings is 1. The standard InChI is InChI=1S/C40H24N4S/c1-2-7-25(8-3-1)26-13-14-28-22-30(16-15-27(28)21-26)38-42-39(31-17-18-32-24-41-20-19-29(32)23-31)44-40(43-38)34-10-6-12-36-37(34)33-9-4-5-11-35(33)45-36/h1-24H. The summed E-state index contributed by atoms with van der Waals surface area (Å²) in [7, 11) is 0. The number of thiophene rings is 1. The van der Waals surface area contributed by atoms with E-state index in [-0.39, 0.29) is 0 Å². The SMILES string of the molecule is c1ccc(-c2ccc3cc(-c4nc(-c5ccc6cnccc6c5)nc(-c5cccc6sc7ccccc7c56)n4)ccc3c2)cc1. The van der Waals surface area contributed by atoms with Gasteiger partial charge in [-0.05, 0) is 63.7 Å². The zero-order valence-corrected chi connectivity index (χ0v) is 24.9. The Morgan fingerprint density at radius 2 is 1.04 bits per heavy atom.